The van der Waals surface area contributed by atoms with Crippen molar-refractivity contribution in [2.45, 2.75) is 6.61 Å². The highest BCUT2D eigenvalue weighted by molar-refractivity contribution is 5.39. The van der Waals surface area contributed by atoms with Crippen molar-refractivity contribution < 1.29 is 9.84 Å². The highest BCUT2D eigenvalue weighted by atomic mass is 16.5. The van der Waals surface area contributed by atoms with Gasteiger partial charge in [-0.1, -0.05) is 23.4 Å². The van der Waals surface area contributed by atoms with Crippen LogP contribution in [0.3, 0.4) is 0 Å². The van der Waals surface area contributed by atoms with Gasteiger partial charge in [0.25, 0.3) is 0 Å². The molecule has 0 radical (unpaired) electrons. The van der Waals surface area contributed by atoms with Crippen LogP contribution in [-0.4, -0.2) is 20.1 Å². The van der Waals surface area contributed by atoms with Gasteiger partial charge >= 0.3 is 0 Å². The maximum absolute atomic E-state index is 9.35. The number of nitriles is 1. The van der Waals surface area contributed by atoms with Crippen LogP contribution in [0.5, 0.6) is 11.5 Å². The van der Waals surface area contributed by atoms with Crippen LogP contribution < -0.4 is 4.74 Å². The first kappa shape index (κ1) is 13.6. The average Bonchev–Trinajstić information content (AvgIpc) is 2.97. The first-order chi connectivity index (χ1) is 10.8. The second-order valence-corrected chi connectivity index (χ2v) is 4.53. The van der Waals surface area contributed by atoms with Crippen LogP contribution in [0.4, 0.5) is 0 Å². The van der Waals surface area contributed by atoms with Crippen molar-refractivity contribution in [1.82, 2.24) is 15.0 Å². The molecular formula is C16H12N4O2. The van der Waals surface area contributed by atoms with Gasteiger partial charge in [-0.2, -0.15) is 5.26 Å². The second-order valence-electron chi connectivity index (χ2n) is 4.53. The van der Waals surface area contributed by atoms with Crippen molar-refractivity contribution in [1.29, 1.82) is 5.26 Å². The summed E-state index contributed by atoms with van der Waals surface area (Å²) in [5.41, 5.74) is 1.46. The van der Waals surface area contributed by atoms with Gasteiger partial charge in [0.05, 0.1) is 5.69 Å². The Kier molecular flexibility index (Phi) is 3.70. The molecule has 0 spiro atoms. The molecule has 6 heteroatoms. The predicted molar refractivity (Wildman–Crippen MR) is 78.5 cm³/mol. The molecule has 0 aliphatic carbocycles. The molecule has 0 fully saturated rings. The maximum atomic E-state index is 9.35. The monoisotopic (exact) mass is 292 g/mol. The summed E-state index contributed by atoms with van der Waals surface area (Å²) in [4.78, 5) is 0. The van der Waals surface area contributed by atoms with Gasteiger partial charge in [0.15, 0.2) is 5.69 Å². The van der Waals surface area contributed by atoms with Gasteiger partial charge < -0.3 is 9.84 Å². The molecule has 3 aromatic rings. The molecule has 22 heavy (non-hydrogen) atoms. The van der Waals surface area contributed by atoms with E-state index in [1.54, 1.807) is 24.3 Å². The van der Waals surface area contributed by atoms with Crippen LogP contribution >= 0.6 is 0 Å². The second kappa shape index (κ2) is 5.97. The molecule has 0 saturated heterocycles. The van der Waals surface area contributed by atoms with Gasteiger partial charge in [0, 0.05) is 0 Å². The highest BCUT2D eigenvalue weighted by Gasteiger charge is 2.14. The predicted octanol–water partition coefficient (Wildman–Crippen LogP) is 2.42. The number of phenols is 1. The Morgan fingerprint density at radius 1 is 1.09 bits per heavy atom. The van der Waals surface area contributed by atoms with Crippen molar-refractivity contribution in [3.8, 4) is 23.3 Å². The van der Waals surface area contributed by atoms with Gasteiger partial charge in [0.1, 0.15) is 29.9 Å². The van der Waals surface area contributed by atoms with E-state index in [0.717, 1.165) is 0 Å². The van der Waals surface area contributed by atoms with E-state index in [1.165, 1.54) is 4.68 Å². The number of hydrogen-bond donors (Lipinski definition) is 1. The minimum Gasteiger partial charge on any atom is -0.508 e. The van der Waals surface area contributed by atoms with Gasteiger partial charge in [0.2, 0.25) is 0 Å². The number of aromatic nitrogens is 3. The van der Waals surface area contributed by atoms with E-state index >= 15 is 0 Å². The van der Waals surface area contributed by atoms with E-state index in [0.29, 0.717) is 17.1 Å². The summed E-state index contributed by atoms with van der Waals surface area (Å²) in [6.07, 6.45) is 0. The molecular weight excluding hydrogens is 280 g/mol. The smallest absolute Gasteiger partial charge is 0.189 e. The zero-order valence-electron chi connectivity index (χ0n) is 11.5. The number of benzene rings is 2. The van der Waals surface area contributed by atoms with E-state index in [9.17, 15) is 5.11 Å². The lowest BCUT2D eigenvalue weighted by atomic mass is 10.3. The fraction of sp³-hybridized carbons (Fsp3) is 0.0625. The van der Waals surface area contributed by atoms with E-state index in [2.05, 4.69) is 10.3 Å². The molecule has 2 aromatic carbocycles. The molecule has 108 valence electrons. The van der Waals surface area contributed by atoms with Crippen molar-refractivity contribution >= 4 is 0 Å². The van der Waals surface area contributed by atoms with Crippen molar-refractivity contribution in [2.24, 2.45) is 0 Å². The van der Waals surface area contributed by atoms with Crippen LogP contribution in [0.25, 0.3) is 5.69 Å². The van der Waals surface area contributed by atoms with Gasteiger partial charge in [-0.15, -0.1) is 5.10 Å². The fourth-order valence-corrected chi connectivity index (χ4v) is 1.99. The molecule has 1 N–H and O–H groups in total. The normalized spacial score (nSPS) is 10.1. The lowest BCUT2D eigenvalue weighted by molar-refractivity contribution is 0.297. The van der Waals surface area contributed by atoms with E-state index in [4.69, 9.17) is 10.00 Å². The first-order valence-corrected chi connectivity index (χ1v) is 6.60. The standard InChI is InChI=1S/C16H12N4O2/c17-10-15-16(11-22-14-4-2-1-3-5-14)20(19-18-15)12-6-8-13(21)9-7-12/h1-9,21H,11H2. The quantitative estimate of drug-likeness (QED) is 0.798. The van der Waals surface area contributed by atoms with E-state index < -0.39 is 0 Å². The Labute approximate surface area is 126 Å². The first-order valence-electron chi connectivity index (χ1n) is 6.60. The molecule has 0 aliphatic rings. The summed E-state index contributed by atoms with van der Waals surface area (Å²) in [7, 11) is 0. The number of aromatic hydroxyl groups is 1. The van der Waals surface area contributed by atoms with Gasteiger partial charge in [-0.3, -0.25) is 0 Å². The largest absolute Gasteiger partial charge is 0.508 e. The Morgan fingerprint density at radius 3 is 2.50 bits per heavy atom. The average molecular weight is 292 g/mol. The van der Waals surface area contributed by atoms with Crippen LogP contribution in [0.2, 0.25) is 0 Å². The third kappa shape index (κ3) is 2.74. The van der Waals surface area contributed by atoms with Crippen LogP contribution in [0.15, 0.2) is 54.6 Å². The van der Waals surface area contributed by atoms with Crippen molar-refractivity contribution in [3.05, 3.63) is 66.0 Å². The molecule has 3 rings (SSSR count). The molecule has 0 aliphatic heterocycles. The van der Waals surface area contributed by atoms with Crippen LogP contribution in [0.1, 0.15) is 11.4 Å². The zero-order chi connectivity index (χ0) is 15.4. The van der Waals surface area contributed by atoms with E-state index in [-0.39, 0.29) is 18.1 Å². The van der Waals surface area contributed by atoms with Gasteiger partial charge in [-0.25, -0.2) is 4.68 Å². The number of nitrogens with zero attached hydrogens (tertiary/aromatic N) is 4. The minimum atomic E-state index is 0.159. The number of phenolic OH excluding ortho intramolecular Hbond substituents is 1. The summed E-state index contributed by atoms with van der Waals surface area (Å²) in [5.74, 6) is 0.858. The minimum absolute atomic E-state index is 0.159. The van der Waals surface area contributed by atoms with Gasteiger partial charge in [-0.05, 0) is 36.4 Å². The molecule has 0 saturated carbocycles. The Hall–Kier alpha value is -3.33. The Balaban J connectivity index is 1.91. The van der Waals surface area contributed by atoms with Crippen LogP contribution in [0, 0.1) is 11.3 Å². The number of rotatable bonds is 4. The molecule has 0 bridgehead atoms. The SMILES string of the molecule is N#Cc1nnn(-c2ccc(O)cc2)c1COc1ccccc1. The topological polar surface area (TPSA) is 84.0 Å². The molecule has 0 amide bonds. The highest BCUT2D eigenvalue weighted by Crippen LogP contribution is 2.18. The van der Waals surface area contributed by atoms with Crippen molar-refractivity contribution in [3.63, 3.8) is 0 Å². The Morgan fingerprint density at radius 2 is 1.82 bits per heavy atom. The lowest BCUT2D eigenvalue weighted by Gasteiger charge is -2.08. The van der Waals surface area contributed by atoms with Crippen LogP contribution in [-0.2, 0) is 6.61 Å². The third-order valence-corrected chi connectivity index (χ3v) is 3.08. The molecule has 1 aromatic heterocycles. The lowest BCUT2D eigenvalue weighted by Crippen LogP contribution is -2.07. The molecule has 0 unspecified atom stereocenters. The third-order valence-electron chi connectivity index (χ3n) is 3.08. The summed E-state index contributed by atoms with van der Waals surface area (Å²) < 4.78 is 7.21. The maximum Gasteiger partial charge on any atom is 0.189 e. The van der Waals surface area contributed by atoms with Crippen molar-refractivity contribution in [2.75, 3.05) is 0 Å². The molecule has 0 atom stereocenters. The summed E-state index contributed by atoms with van der Waals surface area (Å²) >= 11 is 0. The fourth-order valence-electron chi connectivity index (χ4n) is 1.99. The van der Waals surface area contributed by atoms with E-state index in [1.807, 2.05) is 36.4 Å². The molecule has 1 heterocycles. The number of hydrogen-bond acceptors (Lipinski definition) is 5. The number of para-hydroxylation sites is 1. The summed E-state index contributed by atoms with van der Waals surface area (Å²) in [6.45, 7) is 0.167. The Bertz CT molecular complexity index is 804. The molecule has 6 nitrogen and oxygen atoms in total. The summed E-state index contributed by atoms with van der Waals surface area (Å²) in [5, 5.41) is 26.3. The number of ether oxygens (including phenoxy) is 1. The summed E-state index contributed by atoms with van der Waals surface area (Å²) in [6, 6.07) is 17.8. The zero-order valence-corrected chi connectivity index (χ0v) is 11.5.